The molecule has 1 aliphatic rings. The third-order valence-corrected chi connectivity index (χ3v) is 3.86. The Labute approximate surface area is 124 Å². The van der Waals surface area contributed by atoms with Crippen molar-refractivity contribution >= 4 is 17.5 Å². The van der Waals surface area contributed by atoms with Crippen LogP contribution in [0.15, 0.2) is 18.3 Å². The van der Waals surface area contributed by atoms with Gasteiger partial charge in [0.1, 0.15) is 6.04 Å². The summed E-state index contributed by atoms with van der Waals surface area (Å²) in [5.74, 6) is -0.505. The fourth-order valence-corrected chi connectivity index (χ4v) is 2.68. The van der Waals surface area contributed by atoms with Gasteiger partial charge in [0.05, 0.1) is 24.1 Å². The normalized spacial score (nSPS) is 20.3. The van der Waals surface area contributed by atoms with Crippen LogP contribution in [-0.2, 0) is 9.59 Å². The highest BCUT2D eigenvalue weighted by Crippen LogP contribution is 2.22. The van der Waals surface area contributed by atoms with Gasteiger partial charge >= 0.3 is 0 Å². The van der Waals surface area contributed by atoms with E-state index in [1.807, 2.05) is 31.0 Å². The maximum absolute atomic E-state index is 11.9. The molecule has 2 atom stereocenters. The Morgan fingerprint density at radius 3 is 2.71 bits per heavy atom. The SMILES string of the molecule is CCC(NC)c1ccc(N2CC(=O)NC(=O)C2CC)cn1. The van der Waals surface area contributed by atoms with Crippen molar-refractivity contribution in [2.24, 2.45) is 0 Å². The zero-order valence-electron chi connectivity index (χ0n) is 12.7. The van der Waals surface area contributed by atoms with Crippen molar-refractivity contribution in [1.82, 2.24) is 15.6 Å². The van der Waals surface area contributed by atoms with Gasteiger partial charge in [0.25, 0.3) is 0 Å². The number of aromatic nitrogens is 1. The molecule has 2 N–H and O–H groups in total. The summed E-state index contributed by atoms with van der Waals surface area (Å²) in [7, 11) is 1.91. The molecule has 2 rings (SSSR count). The Morgan fingerprint density at radius 1 is 1.43 bits per heavy atom. The quantitative estimate of drug-likeness (QED) is 0.791. The van der Waals surface area contributed by atoms with Crippen LogP contribution in [0.4, 0.5) is 5.69 Å². The van der Waals surface area contributed by atoms with Gasteiger partial charge in [-0.15, -0.1) is 0 Å². The van der Waals surface area contributed by atoms with Crippen molar-refractivity contribution in [1.29, 1.82) is 0 Å². The predicted octanol–water partition coefficient (Wildman–Crippen LogP) is 0.993. The van der Waals surface area contributed by atoms with Gasteiger partial charge in [-0.2, -0.15) is 0 Å². The van der Waals surface area contributed by atoms with Crippen LogP contribution < -0.4 is 15.5 Å². The molecule has 0 radical (unpaired) electrons. The lowest BCUT2D eigenvalue weighted by atomic mass is 10.1. The molecule has 0 spiro atoms. The molecule has 2 amide bonds. The van der Waals surface area contributed by atoms with E-state index in [0.717, 1.165) is 17.8 Å². The van der Waals surface area contributed by atoms with Gasteiger partial charge in [-0.3, -0.25) is 19.9 Å². The summed E-state index contributed by atoms with van der Waals surface area (Å²) in [4.78, 5) is 29.8. The minimum Gasteiger partial charge on any atom is -0.349 e. The molecule has 114 valence electrons. The molecular formula is C15H22N4O2. The minimum absolute atomic E-state index is 0.189. The first kappa shape index (κ1) is 15.4. The van der Waals surface area contributed by atoms with Crippen LogP contribution in [-0.4, -0.2) is 36.4 Å². The van der Waals surface area contributed by atoms with Crippen molar-refractivity contribution in [3.8, 4) is 0 Å². The molecule has 0 saturated carbocycles. The maximum atomic E-state index is 11.9. The molecule has 6 heteroatoms. The van der Waals surface area contributed by atoms with Crippen molar-refractivity contribution in [2.75, 3.05) is 18.5 Å². The van der Waals surface area contributed by atoms with Crippen molar-refractivity contribution in [3.63, 3.8) is 0 Å². The second-order valence-electron chi connectivity index (χ2n) is 5.16. The van der Waals surface area contributed by atoms with Crippen molar-refractivity contribution in [3.05, 3.63) is 24.0 Å². The fourth-order valence-electron chi connectivity index (χ4n) is 2.68. The Balaban J connectivity index is 2.23. The first-order valence-electron chi connectivity index (χ1n) is 7.34. The van der Waals surface area contributed by atoms with Crippen molar-refractivity contribution < 1.29 is 9.59 Å². The number of anilines is 1. The third kappa shape index (κ3) is 3.21. The van der Waals surface area contributed by atoms with E-state index in [4.69, 9.17) is 0 Å². The number of piperazine rings is 1. The number of carbonyl (C=O) groups excluding carboxylic acids is 2. The van der Waals surface area contributed by atoms with Crippen LogP contribution in [0.1, 0.15) is 38.4 Å². The zero-order valence-corrected chi connectivity index (χ0v) is 12.7. The van der Waals surface area contributed by atoms with Gasteiger partial charge < -0.3 is 10.2 Å². The van der Waals surface area contributed by atoms with Crippen LogP contribution in [0.5, 0.6) is 0 Å². The highest BCUT2D eigenvalue weighted by atomic mass is 16.2. The fraction of sp³-hybridized carbons (Fsp3) is 0.533. The number of imide groups is 1. The van der Waals surface area contributed by atoms with Gasteiger partial charge in [-0.25, -0.2) is 0 Å². The minimum atomic E-state index is -0.318. The van der Waals surface area contributed by atoms with Crippen LogP contribution in [0, 0.1) is 0 Å². The molecule has 1 saturated heterocycles. The molecule has 6 nitrogen and oxygen atoms in total. The number of hydrogen-bond donors (Lipinski definition) is 2. The van der Waals surface area contributed by atoms with E-state index >= 15 is 0 Å². The smallest absolute Gasteiger partial charge is 0.249 e. The largest absolute Gasteiger partial charge is 0.349 e. The summed E-state index contributed by atoms with van der Waals surface area (Å²) >= 11 is 0. The van der Waals surface area contributed by atoms with Crippen LogP contribution in [0.25, 0.3) is 0 Å². The summed E-state index contributed by atoms with van der Waals surface area (Å²) in [6.45, 7) is 4.22. The third-order valence-electron chi connectivity index (χ3n) is 3.86. The summed E-state index contributed by atoms with van der Waals surface area (Å²) < 4.78 is 0. The lowest BCUT2D eigenvalue weighted by Crippen LogP contribution is -2.58. The highest BCUT2D eigenvalue weighted by molar-refractivity contribution is 6.04. The van der Waals surface area contributed by atoms with E-state index in [0.29, 0.717) is 6.42 Å². The Bertz CT molecular complexity index is 511. The van der Waals surface area contributed by atoms with Gasteiger partial charge in [-0.1, -0.05) is 13.8 Å². The molecule has 1 aromatic heterocycles. The highest BCUT2D eigenvalue weighted by Gasteiger charge is 2.32. The topological polar surface area (TPSA) is 74.3 Å². The monoisotopic (exact) mass is 290 g/mol. The van der Waals surface area contributed by atoms with Gasteiger partial charge in [0.2, 0.25) is 11.8 Å². The second kappa shape index (κ2) is 6.67. The number of rotatable bonds is 5. The number of nitrogens with one attached hydrogen (secondary N) is 2. The van der Waals surface area contributed by atoms with E-state index in [-0.39, 0.29) is 30.4 Å². The lowest BCUT2D eigenvalue weighted by molar-refractivity contribution is -0.132. The second-order valence-corrected chi connectivity index (χ2v) is 5.16. The van der Waals surface area contributed by atoms with E-state index in [9.17, 15) is 9.59 Å². The summed E-state index contributed by atoms with van der Waals surface area (Å²) in [6.07, 6.45) is 3.34. The molecular weight excluding hydrogens is 268 g/mol. The van der Waals surface area contributed by atoms with Crippen LogP contribution >= 0.6 is 0 Å². The number of amides is 2. The molecule has 1 aromatic rings. The zero-order chi connectivity index (χ0) is 15.4. The van der Waals surface area contributed by atoms with Gasteiger partial charge in [0.15, 0.2) is 0 Å². The molecule has 2 heterocycles. The average Bonchev–Trinajstić information content (AvgIpc) is 2.48. The van der Waals surface area contributed by atoms with Gasteiger partial charge in [-0.05, 0) is 32.0 Å². The number of carbonyl (C=O) groups is 2. The predicted molar refractivity (Wildman–Crippen MR) is 80.9 cm³/mol. The van der Waals surface area contributed by atoms with E-state index in [1.165, 1.54) is 0 Å². The molecule has 0 bridgehead atoms. The molecule has 0 aromatic carbocycles. The average molecular weight is 290 g/mol. The number of pyridine rings is 1. The number of hydrogen-bond acceptors (Lipinski definition) is 5. The first-order valence-corrected chi connectivity index (χ1v) is 7.34. The van der Waals surface area contributed by atoms with Crippen LogP contribution in [0.2, 0.25) is 0 Å². The Kier molecular flexibility index (Phi) is 4.90. The summed E-state index contributed by atoms with van der Waals surface area (Å²) in [5.41, 5.74) is 1.77. The lowest BCUT2D eigenvalue weighted by Gasteiger charge is -2.35. The molecule has 0 aliphatic carbocycles. The molecule has 1 aliphatic heterocycles. The first-order chi connectivity index (χ1) is 10.1. The van der Waals surface area contributed by atoms with E-state index in [1.54, 1.807) is 6.20 Å². The Hall–Kier alpha value is -1.95. The maximum Gasteiger partial charge on any atom is 0.249 e. The molecule has 2 unspecified atom stereocenters. The van der Waals surface area contributed by atoms with Crippen LogP contribution in [0.3, 0.4) is 0 Å². The van der Waals surface area contributed by atoms with Gasteiger partial charge in [0, 0.05) is 6.04 Å². The van der Waals surface area contributed by atoms with E-state index in [2.05, 4.69) is 22.5 Å². The Morgan fingerprint density at radius 2 is 2.19 bits per heavy atom. The molecule has 1 fully saturated rings. The van der Waals surface area contributed by atoms with E-state index < -0.39 is 0 Å². The van der Waals surface area contributed by atoms with Crippen molar-refractivity contribution in [2.45, 2.75) is 38.8 Å². The number of nitrogens with zero attached hydrogens (tertiary/aromatic N) is 2. The molecule has 21 heavy (non-hydrogen) atoms. The summed E-state index contributed by atoms with van der Waals surface area (Å²) in [5, 5.41) is 5.58. The standard InChI is InChI=1S/C15H22N4O2/c1-4-11(16-3)12-7-6-10(8-17-12)19-9-14(20)18-15(21)13(19)5-2/h6-8,11,13,16H,4-5,9H2,1-3H3,(H,18,20,21). The summed E-state index contributed by atoms with van der Waals surface area (Å²) in [6, 6.07) is 3.77.